The number of Topliss-reactive ketones (excluding diaryl/α,β-unsaturated/α-hetero) is 1. The quantitative estimate of drug-likeness (QED) is 0.505. The second-order valence-corrected chi connectivity index (χ2v) is 9.32. The first-order valence-electron chi connectivity index (χ1n) is 10.8. The van der Waals surface area contributed by atoms with E-state index in [-0.39, 0.29) is 11.7 Å². The van der Waals surface area contributed by atoms with Gasteiger partial charge in [0.1, 0.15) is 17.5 Å². The van der Waals surface area contributed by atoms with Crippen molar-refractivity contribution in [2.45, 2.75) is 97.7 Å². The Morgan fingerprint density at radius 3 is 2.07 bits per heavy atom. The van der Waals surface area contributed by atoms with E-state index in [9.17, 15) is 30.0 Å². The van der Waals surface area contributed by atoms with Gasteiger partial charge in [-0.25, -0.2) is 0 Å². The van der Waals surface area contributed by atoms with Crippen LogP contribution >= 0.6 is 0 Å². The van der Waals surface area contributed by atoms with E-state index in [1.165, 1.54) is 13.8 Å². The Morgan fingerprint density at radius 2 is 1.55 bits per heavy atom. The number of hydrogen-bond donors (Lipinski definition) is 4. The molecule has 0 spiro atoms. The van der Waals surface area contributed by atoms with Crippen molar-refractivity contribution in [2.24, 2.45) is 29.6 Å². The maximum atomic E-state index is 12.9. The van der Waals surface area contributed by atoms with Crippen LogP contribution in [0.15, 0.2) is 0 Å². The standard InChI is InChI=1S/C22H40O7/c1-8-9-16-22(7,28)20(26)14(5)18(24)12(3)10-11(2)17(23)13(4)19(25)15(6)21(27)29-16/h11-17,19-20,23,25-26,28H,8-10H2,1-7H3/t11-,12+,13+,14-,15+,16+,17-,19-,20+,22+/m0/s1. The van der Waals surface area contributed by atoms with E-state index in [0.717, 1.165) is 0 Å². The van der Waals surface area contributed by atoms with E-state index < -0.39 is 59.7 Å². The molecule has 1 fully saturated rings. The predicted octanol–water partition coefficient (Wildman–Crippen LogP) is 1.69. The molecule has 0 amide bonds. The molecular formula is C22H40O7. The summed E-state index contributed by atoms with van der Waals surface area (Å²) in [5, 5.41) is 43.1. The van der Waals surface area contributed by atoms with Crippen LogP contribution in [0, 0.1) is 29.6 Å². The van der Waals surface area contributed by atoms with Crippen molar-refractivity contribution in [1.82, 2.24) is 0 Å². The second-order valence-electron chi connectivity index (χ2n) is 9.32. The highest BCUT2D eigenvalue weighted by Crippen LogP contribution is 2.33. The van der Waals surface area contributed by atoms with Crippen LogP contribution in [0.5, 0.6) is 0 Å². The normalized spacial score (nSPS) is 46.1. The molecular weight excluding hydrogens is 376 g/mol. The average Bonchev–Trinajstić information content (AvgIpc) is 2.68. The lowest BCUT2D eigenvalue weighted by Crippen LogP contribution is -2.56. The van der Waals surface area contributed by atoms with Gasteiger partial charge < -0.3 is 25.2 Å². The Hall–Kier alpha value is -1.02. The third-order valence-electron chi connectivity index (χ3n) is 6.74. The minimum atomic E-state index is -1.83. The van der Waals surface area contributed by atoms with Crippen molar-refractivity contribution in [1.29, 1.82) is 0 Å². The Bertz CT molecular complexity index is 561. The third-order valence-corrected chi connectivity index (χ3v) is 6.74. The lowest BCUT2D eigenvalue weighted by atomic mass is 9.75. The van der Waals surface area contributed by atoms with Gasteiger partial charge in [0.2, 0.25) is 0 Å². The van der Waals surface area contributed by atoms with Crippen molar-refractivity contribution in [2.75, 3.05) is 0 Å². The van der Waals surface area contributed by atoms with Crippen molar-refractivity contribution in [3.8, 4) is 0 Å². The molecule has 1 rings (SSSR count). The molecule has 0 radical (unpaired) electrons. The number of ether oxygens (including phenoxy) is 1. The number of carbonyl (C=O) groups excluding carboxylic acids is 2. The first-order valence-corrected chi connectivity index (χ1v) is 10.8. The molecule has 10 atom stereocenters. The molecule has 0 bridgehead atoms. The smallest absolute Gasteiger partial charge is 0.311 e. The zero-order valence-electron chi connectivity index (χ0n) is 18.8. The summed E-state index contributed by atoms with van der Waals surface area (Å²) < 4.78 is 5.52. The Labute approximate surface area is 174 Å². The first kappa shape index (κ1) is 26.0. The van der Waals surface area contributed by atoms with Gasteiger partial charge in [-0.3, -0.25) is 9.59 Å². The summed E-state index contributed by atoms with van der Waals surface area (Å²) in [4.78, 5) is 25.6. The summed E-state index contributed by atoms with van der Waals surface area (Å²) in [5.41, 5.74) is -1.83. The molecule has 0 aromatic heterocycles. The summed E-state index contributed by atoms with van der Waals surface area (Å²) in [6, 6.07) is 0. The van der Waals surface area contributed by atoms with E-state index in [4.69, 9.17) is 4.74 Å². The van der Waals surface area contributed by atoms with Gasteiger partial charge >= 0.3 is 5.97 Å². The van der Waals surface area contributed by atoms with Gasteiger partial charge in [0.15, 0.2) is 0 Å². The molecule has 0 unspecified atom stereocenters. The van der Waals surface area contributed by atoms with Gasteiger partial charge in [0.05, 0.1) is 24.2 Å². The van der Waals surface area contributed by atoms with E-state index in [2.05, 4.69) is 0 Å². The Balaban J connectivity index is 3.36. The number of rotatable bonds is 2. The molecule has 1 heterocycles. The number of ketones is 1. The molecule has 1 saturated heterocycles. The lowest BCUT2D eigenvalue weighted by molar-refractivity contribution is -0.194. The number of esters is 1. The minimum absolute atomic E-state index is 0.225. The summed E-state index contributed by atoms with van der Waals surface area (Å²) in [7, 11) is 0. The number of cyclic esters (lactones) is 1. The molecule has 0 aromatic carbocycles. The molecule has 1 aliphatic heterocycles. The van der Waals surface area contributed by atoms with Gasteiger partial charge in [-0.1, -0.05) is 41.0 Å². The van der Waals surface area contributed by atoms with Crippen LogP contribution in [0.25, 0.3) is 0 Å². The first-order chi connectivity index (χ1) is 13.3. The van der Waals surface area contributed by atoms with Gasteiger partial charge in [-0.05, 0) is 32.6 Å². The Kier molecular flexibility index (Phi) is 9.27. The van der Waals surface area contributed by atoms with Crippen molar-refractivity contribution >= 4 is 11.8 Å². The number of carbonyl (C=O) groups is 2. The van der Waals surface area contributed by atoms with Crippen LogP contribution in [0.3, 0.4) is 0 Å². The average molecular weight is 417 g/mol. The minimum Gasteiger partial charge on any atom is -0.459 e. The molecule has 7 nitrogen and oxygen atoms in total. The molecule has 0 aromatic rings. The molecule has 0 aliphatic carbocycles. The van der Waals surface area contributed by atoms with Gasteiger partial charge in [0, 0.05) is 17.8 Å². The molecule has 7 heteroatoms. The summed E-state index contributed by atoms with van der Waals surface area (Å²) in [6.07, 6.45) is -3.26. The zero-order chi connectivity index (χ0) is 22.7. The van der Waals surface area contributed by atoms with Crippen LogP contribution in [-0.2, 0) is 14.3 Å². The maximum Gasteiger partial charge on any atom is 0.311 e. The number of hydrogen-bond acceptors (Lipinski definition) is 7. The zero-order valence-corrected chi connectivity index (χ0v) is 18.8. The van der Waals surface area contributed by atoms with Gasteiger partial charge in [0.25, 0.3) is 0 Å². The molecule has 4 N–H and O–H groups in total. The van der Waals surface area contributed by atoms with Crippen LogP contribution in [0.2, 0.25) is 0 Å². The van der Waals surface area contributed by atoms with E-state index in [1.807, 2.05) is 6.92 Å². The third kappa shape index (κ3) is 5.78. The summed E-state index contributed by atoms with van der Waals surface area (Å²) >= 11 is 0. The van der Waals surface area contributed by atoms with Crippen LogP contribution in [0.1, 0.15) is 67.7 Å². The van der Waals surface area contributed by atoms with E-state index in [1.54, 1.807) is 27.7 Å². The highest BCUT2D eigenvalue weighted by molar-refractivity contribution is 5.83. The Morgan fingerprint density at radius 1 is 1.00 bits per heavy atom. The fourth-order valence-electron chi connectivity index (χ4n) is 4.41. The number of aliphatic hydroxyl groups is 4. The van der Waals surface area contributed by atoms with Gasteiger partial charge in [-0.2, -0.15) is 0 Å². The highest BCUT2D eigenvalue weighted by atomic mass is 16.6. The van der Waals surface area contributed by atoms with Crippen molar-refractivity contribution in [3.63, 3.8) is 0 Å². The van der Waals surface area contributed by atoms with Crippen LogP contribution in [0.4, 0.5) is 0 Å². The lowest BCUT2D eigenvalue weighted by Gasteiger charge is -2.40. The summed E-state index contributed by atoms with van der Waals surface area (Å²) in [6.45, 7) is 11.5. The van der Waals surface area contributed by atoms with E-state index >= 15 is 0 Å². The van der Waals surface area contributed by atoms with Crippen LogP contribution in [-0.4, -0.2) is 62.2 Å². The van der Waals surface area contributed by atoms with Crippen molar-refractivity contribution < 1.29 is 34.8 Å². The topological polar surface area (TPSA) is 124 Å². The summed E-state index contributed by atoms with van der Waals surface area (Å²) in [5.74, 6) is -4.08. The largest absolute Gasteiger partial charge is 0.459 e. The molecule has 0 saturated carbocycles. The fraction of sp³-hybridized carbons (Fsp3) is 0.909. The van der Waals surface area contributed by atoms with E-state index in [0.29, 0.717) is 19.3 Å². The maximum absolute atomic E-state index is 12.9. The molecule has 170 valence electrons. The van der Waals surface area contributed by atoms with Gasteiger partial charge in [-0.15, -0.1) is 0 Å². The highest BCUT2D eigenvalue weighted by Gasteiger charge is 2.47. The molecule has 29 heavy (non-hydrogen) atoms. The monoisotopic (exact) mass is 416 g/mol. The predicted molar refractivity (Wildman–Crippen MR) is 109 cm³/mol. The van der Waals surface area contributed by atoms with Crippen molar-refractivity contribution in [3.05, 3.63) is 0 Å². The second kappa shape index (κ2) is 10.3. The fourth-order valence-corrected chi connectivity index (χ4v) is 4.41. The van der Waals surface area contributed by atoms with Crippen LogP contribution < -0.4 is 0 Å². The molecule has 1 aliphatic rings. The SMILES string of the molecule is CCC[C@H]1OC(=O)[C@H](C)[C@@H](O)[C@H](C)[C@@H](O)[C@@H](C)C[C@@H](C)C(=O)[C@H](C)[C@@H](O)[C@]1(C)O. The number of aliphatic hydroxyl groups excluding tert-OH is 3.